The third-order valence-corrected chi connectivity index (χ3v) is 3.20. The fraction of sp³-hybridized carbons (Fsp3) is 0.500. The molecule has 2 rings (SSSR count). The van der Waals surface area contributed by atoms with E-state index in [1.54, 1.807) is 0 Å². The van der Waals surface area contributed by atoms with Gasteiger partial charge in [-0.25, -0.2) is 0 Å². The Morgan fingerprint density at radius 2 is 2.18 bits per heavy atom. The molecule has 1 aromatic carbocycles. The highest BCUT2D eigenvalue weighted by Gasteiger charge is 2.29. The van der Waals surface area contributed by atoms with Crippen molar-refractivity contribution in [2.45, 2.75) is 32.8 Å². The number of hydrogen-bond donors (Lipinski definition) is 2. The van der Waals surface area contributed by atoms with E-state index in [1.165, 1.54) is 5.56 Å². The van der Waals surface area contributed by atoms with Crippen molar-refractivity contribution in [1.82, 2.24) is 5.32 Å². The summed E-state index contributed by atoms with van der Waals surface area (Å²) in [5.74, 6) is 0.273. The predicted octanol–water partition coefficient (Wildman–Crippen LogP) is 1.86. The van der Waals surface area contributed by atoms with Crippen molar-refractivity contribution in [1.29, 1.82) is 0 Å². The monoisotopic (exact) mass is 233 g/mol. The summed E-state index contributed by atoms with van der Waals surface area (Å²) in [6.45, 7) is 4.31. The summed E-state index contributed by atoms with van der Waals surface area (Å²) in [7, 11) is 0. The minimum atomic E-state index is -0.613. The molecule has 0 radical (unpaired) electrons. The molecule has 17 heavy (non-hydrogen) atoms. The van der Waals surface area contributed by atoms with Crippen molar-refractivity contribution in [2.75, 3.05) is 6.54 Å². The normalized spacial score (nSPS) is 16.6. The number of aryl methyl sites for hydroxylation is 2. The highest BCUT2D eigenvalue weighted by Crippen LogP contribution is 2.29. The van der Waals surface area contributed by atoms with Crippen molar-refractivity contribution in [3.63, 3.8) is 0 Å². The minimum absolute atomic E-state index is 0.0776. The lowest BCUT2D eigenvalue weighted by Gasteiger charge is -2.15. The fourth-order valence-corrected chi connectivity index (χ4v) is 2.00. The maximum absolute atomic E-state index is 11.5. The van der Waals surface area contributed by atoms with Crippen molar-refractivity contribution in [2.24, 2.45) is 5.92 Å². The number of carbonyl (C=O) groups excluding carboxylic acids is 1. The van der Waals surface area contributed by atoms with Crippen molar-refractivity contribution < 1.29 is 9.90 Å². The third kappa shape index (κ3) is 3.07. The van der Waals surface area contributed by atoms with E-state index in [2.05, 4.69) is 5.32 Å². The molecule has 1 aromatic rings. The van der Waals surface area contributed by atoms with E-state index < -0.39 is 6.10 Å². The lowest BCUT2D eigenvalue weighted by molar-refractivity contribution is -0.122. The lowest BCUT2D eigenvalue weighted by Crippen LogP contribution is -2.29. The Morgan fingerprint density at radius 3 is 2.76 bits per heavy atom. The van der Waals surface area contributed by atoms with E-state index in [9.17, 15) is 9.90 Å². The summed E-state index contributed by atoms with van der Waals surface area (Å²) in [4.78, 5) is 11.5. The predicted molar refractivity (Wildman–Crippen MR) is 66.6 cm³/mol. The van der Waals surface area contributed by atoms with Crippen LogP contribution in [0.5, 0.6) is 0 Å². The maximum Gasteiger partial charge on any atom is 0.223 e. The van der Waals surface area contributed by atoms with Gasteiger partial charge in [-0.05, 0) is 37.8 Å². The average molecular weight is 233 g/mol. The molecule has 0 spiro atoms. The summed E-state index contributed by atoms with van der Waals surface area (Å²) >= 11 is 0. The van der Waals surface area contributed by atoms with E-state index in [0.717, 1.165) is 24.0 Å². The quantitative estimate of drug-likeness (QED) is 0.834. The Hall–Kier alpha value is -1.35. The second-order valence-electron chi connectivity index (χ2n) is 4.90. The summed E-state index contributed by atoms with van der Waals surface area (Å²) in [6.07, 6.45) is 1.37. The zero-order valence-electron chi connectivity index (χ0n) is 10.4. The highest BCUT2D eigenvalue weighted by atomic mass is 16.3. The number of aliphatic hydroxyl groups is 1. The molecule has 0 bridgehead atoms. The Bertz CT molecular complexity index is 424. The van der Waals surface area contributed by atoms with E-state index in [-0.39, 0.29) is 11.8 Å². The molecule has 1 aliphatic rings. The van der Waals surface area contributed by atoms with E-state index in [4.69, 9.17) is 0 Å². The van der Waals surface area contributed by atoms with Crippen molar-refractivity contribution in [3.05, 3.63) is 34.9 Å². The number of hydrogen-bond acceptors (Lipinski definition) is 2. The van der Waals surface area contributed by atoms with Crippen molar-refractivity contribution in [3.8, 4) is 0 Å². The largest absolute Gasteiger partial charge is 0.387 e. The van der Waals surface area contributed by atoms with E-state index in [0.29, 0.717) is 6.54 Å². The molecule has 1 saturated carbocycles. The topological polar surface area (TPSA) is 49.3 Å². The van der Waals surface area contributed by atoms with Gasteiger partial charge in [-0.3, -0.25) is 4.79 Å². The van der Waals surface area contributed by atoms with Crippen LogP contribution < -0.4 is 5.32 Å². The van der Waals surface area contributed by atoms with Crippen molar-refractivity contribution >= 4 is 5.91 Å². The van der Waals surface area contributed by atoms with E-state index >= 15 is 0 Å². The van der Waals surface area contributed by atoms with Gasteiger partial charge in [-0.2, -0.15) is 0 Å². The van der Waals surface area contributed by atoms with Crippen LogP contribution >= 0.6 is 0 Å². The molecule has 1 aliphatic carbocycles. The molecule has 2 N–H and O–H groups in total. The first-order valence-electron chi connectivity index (χ1n) is 6.11. The second kappa shape index (κ2) is 4.88. The Balaban J connectivity index is 1.94. The summed E-state index contributed by atoms with van der Waals surface area (Å²) in [6, 6.07) is 5.95. The third-order valence-electron chi connectivity index (χ3n) is 3.20. The smallest absolute Gasteiger partial charge is 0.223 e. The lowest BCUT2D eigenvalue weighted by atomic mass is 10.0. The first kappa shape index (κ1) is 12.1. The van der Waals surface area contributed by atoms with Gasteiger partial charge >= 0.3 is 0 Å². The molecule has 92 valence electrons. The van der Waals surface area contributed by atoms with Crippen LogP contribution in [0.1, 0.15) is 35.6 Å². The van der Waals surface area contributed by atoms with Gasteiger partial charge in [-0.1, -0.05) is 23.8 Å². The molecule has 3 heteroatoms. The average Bonchev–Trinajstić information content (AvgIpc) is 3.09. The number of aliphatic hydroxyl groups excluding tert-OH is 1. The molecule has 3 nitrogen and oxygen atoms in total. The van der Waals surface area contributed by atoms with Crippen LogP contribution in [0.4, 0.5) is 0 Å². The Morgan fingerprint density at radius 1 is 1.47 bits per heavy atom. The van der Waals surface area contributed by atoms with Crippen LogP contribution in [0.15, 0.2) is 18.2 Å². The molecule has 0 heterocycles. The zero-order valence-corrected chi connectivity index (χ0v) is 10.4. The van der Waals surface area contributed by atoms with Gasteiger partial charge in [-0.15, -0.1) is 0 Å². The molecule has 1 amide bonds. The molecular formula is C14H19NO2. The van der Waals surface area contributed by atoms with Gasteiger partial charge in [0.15, 0.2) is 0 Å². The number of amides is 1. The summed E-state index contributed by atoms with van der Waals surface area (Å²) in [5, 5.41) is 12.8. The number of nitrogens with one attached hydrogen (secondary N) is 1. The number of carbonyl (C=O) groups is 1. The van der Waals surface area contributed by atoms with Crippen LogP contribution in [0.3, 0.4) is 0 Å². The minimum Gasteiger partial charge on any atom is -0.387 e. The molecular weight excluding hydrogens is 214 g/mol. The van der Waals surface area contributed by atoms with Crippen LogP contribution in [-0.2, 0) is 4.79 Å². The van der Waals surface area contributed by atoms with Crippen LogP contribution in [-0.4, -0.2) is 17.6 Å². The maximum atomic E-state index is 11.5. The standard InChI is InChI=1S/C14H19NO2/c1-9-3-6-12(10(2)7-9)13(16)8-15-14(17)11-4-5-11/h3,6-7,11,13,16H,4-5,8H2,1-2H3,(H,15,17). The van der Waals surface area contributed by atoms with E-state index in [1.807, 2.05) is 32.0 Å². The molecule has 0 aromatic heterocycles. The van der Waals surface area contributed by atoms with Gasteiger partial charge in [0.05, 0.1) is 6.10 Å². The zero-order chi connectivity index (χ0) is 12.4. The SMILES string of the molecule is Cc1ccc(C(O)CNC(=O)C2CC2)c(C)c1. The molecule has 1 fully saturated rings. The van der Waals surface area contributed by atoms with Gasteiger partial charge in [0.2, 0.25) is 5.91 Å². The van der Waals surface area contributed by atoms with Crippen LogP contribution in [0.2, 0.25) is 0 Å². The van der Waals surface area contributed by atoms with Gasteiger partial charge in [0, 0.05) is 12.5 Å². The van der Waals surface area contributed by atoms with Crippen LogP contribution in [0, 0.1) is 19.8 Å². The summed E-state index contributed by atoms with van der Waals surface area (Å²) in [5.41, 5.74) is 3.14. The molecule has 1 unspecified atom stereocenters. The molecule has 0 aliphatic heterocycles. The second-order valence-corrected chi connectivity index (χ2v) is 4.90. The van der Waals surface area contributed by atoms with Gasteiger partial charge < -0.3 is 10.4 Å². The molecule has 1 atom stereocenters. The fourth-order valence-electron chi connectivity index (χ4n) is 2.00. The number of benzene rings is 1. The van der Waals surface area contributed by atoms with Gasteiger partial charge in [0.1, 0.15) is 0 Å². The first-order valence-corrected chi connectivity index (χ1v) is 6.11. The first-order chi connectivity index (χ1) is 8.08. The Kier molecular flexibility index (Phi) is 3.48. The van der Waals surface area contributed by atoms with Crippen LogP contribution in [0.25, 0.3) is 0 Å². The molecule has 0 saturated heterocycles. The van der Waals surface area contributed by atoms with Gasteiger partial charge in [0.25, 0.3) is 0 Å². The summed E-state index contributed by atoms with van der Waals surface area (Å²) < 4.78 is 0. The Labute approximate surface area is 102 Å². The highest BCUT2D eigenvalue weighted by molar-refractivity contribution is 5.80. The number of rotatable bonds is 4.